The fourth-order valence-electron chi connectivity index (χ4n) is 1.87. The van der Waals surface area contributed by atoms with E-state index >= 15 is 0 Å². The van der Waals surface area contributed by atoms with E-state index in [9.17, 15) is 0 Å². The van der Waals surface area contributed by atoms with Crippen molar-refractivity contribution in [2.24, 2.45) is 0 Å². The van der Waals surface area contributed by atoms with Gasteiger partial charge in [-0.2, -0.15) is 0 Å². The highest BCUT2D eigenvalue weighted by Gasteiger charge is 2.05. The van der Waals surface area contributed by atoms with Crippen LogP contribution >= 0.6 is 0 Å². The fourth-order valence-corrected chi connectivity index (χ4v) is 1.87. The van der Waals surface area contributed by atoms with E-state index in [4.69, 9.17) is 16.2 Å². The number of benzene rings is 2. The standard InChI is InChI=1S/C14H16N2O/c1-9-5-10(7-12(6-9)17-2)13-4-3-11(15)8-14(13)16/h3-8H,15-16H2,1-2H3. The molecule has 0 aromatic heterocycles. The van der Waals surface area contributed by atoms with Gasteiger partial charge in [0.1, 0.15) is 5.75 Å². The van der Waals surface area contributed by atoms with Gasteiger partial charge in [-0.05, 0) is 42.3 Å². The Morgan fingerprint density at radius 2 is 1.76 bits per heavy atom. The predicted octanol–water partition coefficient (Wildman–Crippen LogP) is 2.84. The number of methoxy groups -OCH3 is 1. The lowest BCUT2D eigenvalue weighted by Crippen LogP contribution is -1.94. The first-order valence-electron chi connectivity index (χ1n) is 5.41. The molecule has 0 aliphatic heterocycles. The first-order valence-corrected chi connectivity index (χ1v) is 5.41. The summed E-state index contributed by atoms with van der Waals surface area (Å²) < 4.78 is 5.26. The van der Waals surface area contributed by atoms with Crippen molar-refractivity contribution < 1.29 is 4.74 Å². The molecule has 0 saturated carbocycles. The van der Waals surface area contributed by atoms with Crippen LogP contribution in [0.5, 0.6) is 5.75 Å². The summed E-state index contributed by atoms with van der Waals surface area (Å²) in [6.07, 6.45) is 0. The van der Waals surface area contributed by atoms with Crippen LogP contribution in [-0.4, -0.2) is 7.11 Å². The Morgan fingerprint density at radius 3 is 2.41 bits per heavy atom. The highest BCUT2D eigenvalue weighted by molar-refractivity contribution is 5.79. The monoisotopic (exact) mass is 228 g/mol. The smallest absolute Gasteiger partial charge is 0.119 e. The van der Waals surface area contributed by atoms with Crippen LogP contribution in [0.25, 0.3) is 11.1 Å². The molecule has 0 saturated heterocycles. The van der Waals surface area contributed by atoms with Crippen molar-refractivity contribution in [3.63, 3.8) is 0 Å². The summed E-state index contributed by atoms with van der Waals surface area (Å²) >= 11 is 0. The van der Waals surface area contributed by atoms with E-state index in [2.05, 4.69) is 6.07 Å². The molecule has 0 fully saturated rings. The van der Waals surface area contributed by atoms with Crippen molar-refractivity contribution in [2.45, 2.75) is 6.92 Å². The molecule has 0 aliphatic rings. The third kappa shape index (κ3) is 2.33. The van der Waals surface area contributed by atoms with Crippen LogP contribution in [0.1, 0.15) is 5.56 Å². The lowest BCUT2D eigenvalue weighted by atomic mass is 10.0. The molecule has 0 unspecified atom stereocenters. The Morgan fingerprint density at radius 1 is 1.00 bits per heavy atom. The molecule has 2 aromatic carbocycles. The van der Waals surface area contributed by atoms with Crippen molar-refractivity contribution in [3.8, 4) is 16.9 Å². The Labute approximate surface area is 101 Å². The van der Waals surface area contributed by atoms with Crippen LogP contribution in [0.3, 0.4) is 0 Å². The molecule has 3 nitrogen and oxygen atoms in total. The average Bonchev–Trinajstić information content (AvgIpc) is 2.28. The lowest BCUT2D eigenvalue weighted by Gasteiger charge is -2.10. The molecule has 2 rings (SSSR count). The van der Waals surface area contributed by atoms with Gasteiger partial charge in [-0.3, -0.25) is 0 Å². The van der Waals surface area contributed by atoms with Gasteiger partial charge in [0.25, 0.3) is 0 Å². The molecule has 4 N–H and O–H groups in total. The van der Waals surface area contributed by atoms with Gasteiger partial charge in [-0.15, -0.1) is 0 Å². The molecule has 0 bridgehead atoms. The van der Waals surface area contributed by atoms with E-state index in [1.54, 1.807) is 13.2 Å². The zero-order chi connectivity index (χ0) is 12.4. The number of rotatable bonds is 2. The van der Waals surface area contributed by atoms with Crippen LogP contribution in [0.15, 0.2) is 36.4 Å². The van der Waals surface area contributed by atoms with Crippen molar-refractivity contribution in [1.82, 2.24) is 0 Å². The maximum Gasteiger partial charge on any atom is 0.119 e. The van der Waals surface area contributed by atoms with Gasteiger partial charge >= 0.3 is 0 Å². The van der Waals surface area contributed by atoms with Crippen LogP contribution in [-0.2, 0) is 0 Å². The number of hydrogen-bond acceptors (Lipinski definition) is 3. The Balaban J connectivity index is 2.55. The minimum Gasteiger partial charge on any atom is -0.497 e. The van der Waals surface area contributed by atoms with Crippen LogP contribution in [0.4, 0.5) is 11.4 Å². The quantitative estimate of drug-likeness (QED) is 0.777. The van der Waals surface area contributed by atoms with Crippen molar-refractivity contribution in [1.29, 1.82) is 0 Å². The van der Waals surface area contributed by atoms with E-state index in [0.29, 0.717) is 11.4 Å². The van der Waals surface area contributed by atoms with Gasteiger partial charge < -0.3 is 16.2 Å². The van der Waals surface area contributed by atoms with Crippen molar-refractivity contribution >= 4 is 11.4 Å². The third-order valence-corrected chi connectivity index (χ3v) is 2.67. The molecule has 17 heavy (non-hydrogen) atoms. The highest BCUT2D eigenvalue weighted by atomic mass is 16.5. The molecular weight excluding hydrogens is 212 g/mol. The van der Waals surface area contributed by atoms with Gasteiger partial charge in [0.15, 0.2) is 0 Å². The zero-order valence-electron chi connectivity index (χ0n) is 10.0. The summed E-state index contributed by atoms with van der Waals surface area (Å²) in [4.78, 5) is 0. The first kappa shape index (κ1) is 11.3. The van der Waals surface area contributed by atoms with Gasteiger partial charge in [0, 0.05) is 16.9 Å². The predicted molar refractivity (Wildman–Crippen MR) is 72.0 cm³/mol. The summed E-state index contributed by atoms with van der Waals surface area (Å²) in [5.41, 5.74) is 16.2. The first-order chi connectivity index (χ1) is 8.10. The molecule has 0 radical (unpaired) electrons. The Kier molecular flexibility index (Phi) is 2.91. The minimum atomic E-state index is 0.672. The lowest BCUT2D eigenvalue weighted by molar-refractivity contribution is 0.414. The molecule has 0 spiro atoms. The normalized spacial score (nSPS) is 10.2. The van der Waals surface area contributed by atoms with E-state index in [1.807, 2.05) is 31.2 Å². The van der Waals surface area contributed by atoms with E-state index in [0.717, 1.165) is 22.4 Å². The number of hydrogen-bond donors (Lipinski definition) is 2. The molecule has 0 aliphatic carbocycles. The summed E-state index contributed by atoms with van der Waals surface area (Å²) in [6, 6.07) is 11.6. The number of aryl methyl sites for hydroxylation is 1. The number of anilines is 2. The molecule has 0 amide bonds. The maximum atomic E-state index is 5.97. The van der Waals surface area contributed by atoms with Gasteiger partial charge in [-0.1, -0.05) is 12.1 Å². The van der Waals surface area contributed by atoms with Crippen LogP contribution in [0.2, 0.25) is 0 Å². The number of ether oxygens (including phenoxy) is 1. The highest BCUT2D eigenvalue weighted by Crippen LogP contribution is 2.31. The van der Waals surface area contributed by atoms with Crippen molar-refractivity contribution in [2.75, 3.05) is 18.6 Å². The number of nitrogens with two attached hydrogens (primary N) is 2. The topological polar surface area (TPSA) is 61.3 Å². The Bertz CT molecular complexity index is 550. The molecule has 2 aromatic rings. The molecule has 0 atom stereocenters. The fraction of sp³-hybridized carbons (Fsp3) is 0.143. The van der Waals surface area contributed by atoms with E-state index in [-0.39, 0.29) is 0 Å². The Hall–Kier alpha value is -2.16. The summed E-state index contributed by atoms with van der Waals surface area (Å²) in [6.45, 7) is 2.03. The van der Waals surface area contributed by atoms with Gasteiger partial charge in [0.2, 0.25) is 0 Å². The van der Waals surface area contributed by atoms with Crippen LogP contribution < -0.4 is 16.2 Å². The zero-order valence-corrected chi connectivity index (χ0v) is 10.0. The molecule has 3 heteroatoms. The maximum absolute atomic E-state index is 5.97. The molecule has 0 heterocycles. The molecular formula is C14H16N2O. The van der Waals surface area contributed by atoms with Gasteiger partial charge in [-0.25, -0.2) is 0 Å². The molecule has 88 valence electrons. The summed E-state index contributed by atoms with van der Waals surface area (Å²) in [5, 5.41) is 0. The largest absolute Gasteiger partial charge is 0.497 e. The van der Waals surface area contributed by atoms with Gasteiger partial charge in [0.05, 0.1) is 7.11 Å². The second kappa shape index (κ2) is 4.37. The third-order valence-electron chi connectivity index (χ3n) is 2.67. The average molecular weight is 228 g/mol. The van der Waals surface area contributed by atoms with Crippen LogP contribution in [0, 0.1) is 6.92 Å². The van der Waals surface area contributed by atoms with Crippen molar-refractivity contribution in [3.05, 3.63) is 42.0 Å². The summed E-state index contributed by atoms with van der Waals surface area (Å²) in [7, 11) is 1.66. The van der Waals surface area contributed by atoms with E-state index < -0.39 is 0 Å². The number of nitrogen functional groups attached to an aromatic ring is 2. The van der Waals surface area contributed by atoms with E-state index in [1.165, 1.54) is 0 Å². The second-order valence-corrected chi connectivity index (χ2v) is 4.09. The SMILES string of the molecule is COc1cc(C)cc(-c2ccc(N)cc2N)c1. The second-order valence-electron chi connectivity index (χ2n) is 4.09. The summed E-state index contributed by atoms with van der Waals surface area (Å²) in [5.74, 6) is 0.830. The minimum absolute atomic E-state index is 0.672.